The first-order valence-corrected chi connectivity index (χ1v) is 5.10. The molecule has 15 heavy (non-hydrogen) atoms. The van der Waals surface area contributed by atoms with Crippen molar-refractivity contribution in [3.05, 3.63) is 11.9 Å². The Bertz CT molecular complexity index is 316. The zero-order valence-electron chi connectivity index (χ0n) is 9.49. The van der Waals surface area contributed by atoms with E-state index in [0.29, 0.717) is 6.54 Å². The molecule has 0 unspecified atom stereocenters. The molecule has 0 radical (unpaired) electrons. The minimum Gasteiger partial charge on any atom is -0.395 e. The molecule has 0 spiro atoms. The number of aromatic nitrogens is 2. The third kappa shape index (κ3) is 3.06. The standard InChI is InChI=1S/C10H18N4O/c1-4-14(5-6-15)10-7-9(11-3)12-8(2)13-10/h7,15H,4-6H2,1-3H3,(H,11,12,13). The number of aliphatic hydroxyl groups is 1. The quantitative estimate of drug-likeness (QED) is 0.747. The van der Waals surface area contributed by atoms with E-state index in [1.54, 1.807) is 0 Å². The monoisotopic (exact) mass is 210 g/mol. The van der Waals surface area contributed by atoms with E-state index in [9.17, 15) is 0 Å². The van der Waals surface area contributed by atoms with E-state index in [0.717, 1.165) is 24.0 Å². The van der Waals surface area contributed by atoms with E-state index in [1.165, 1.54) is 0 Å². The fourth-order valence-corrected chi connectivity index (χ4v) is 1.40. The summed E-state index contributed by atoms with van der Waals surface area (Å²) >= 11 is 0. The average Bonchev–Trinajstić information content (AvgIpc) is 2.24. The molecule has 0 aliphatic carbocycles. The Morgan fingerprint density at radius 1 is 1.47 bits per heavy atom. The fraction of sp³-hybridized carbons (Fsp3) is 0.600. The van der Waals surface area contributed by atoms with Crippen LogP contribution in [0.15, 0.2) is 6.07 Å². The van der Waals surface area contributed by atoms with Gasteiger partial charge in [-0.15, -0.1) is 0 Å². The summed E-state index contributed by atoms with van der Waals surface area (Å²) in [4.78, 5) is 10.6. The fourth-order valence-electron chi connectivity index (χ4n) is 1.40. The first kappa shape index (κ1) is 11.7. The zero-order chi connectivity index (χ0) is 11.3. The van der Waals surface area contributed by atoms with Crippen molar-refractivity contribution in [3.8, 4) is 0 Å². The van der Waals surface area contributed by atoms with Crippen LogP contribution >= 0.6 is 0 Å². The van der Waals surface area contributed by atoms with Gasteiger partial charge in [0.05, 0.1) is 6.61 Å². The number of rotatable bonds is 5. The van der Waals surface area contributed by atoms with Crippen LogP contribution in [0.2, 0.25) is 0 Å². The third-order valence-corrected chi connectivity index (χ3v) is 2.16. The lowest BCUT2D eigenvalue weighted by Crippen LogP contribution is -2.27. The van der Waals surface area contributed by atoms with Crippen molar-refractivity contribution in [1.29, 1.82) is 0 Å². The molecule has 0 saturated carbocycles. The summed E-state index contributed by atoms with van der Waals surface area (Å²) in [5.74, 6) is 2.38. The van der Waals surface area contributed by atoms with Crippen molar-refractivity contribution in [2.45, 2.75) is 13.8 Å². The van der Waals surface area contributed by atoms with Gasteiger partial charge in [-0.2, -0.15) is 0 Å². The number of likely N-dealkylation sites (N-methyl/N-ethyl adjacent to an activating group) is 1. The second-order valence-corrected chi connectivity index (χ2v) is 3.21. The second-order valence-electron chi connectivity index (χ2n) is 3.21. The largest absolute Gasteiger partial charge is 0.395 e. The average molecular weight is 210 g/mol. The first-order chi connectivity index (χ1) is 7.21. The molecule has 1 aromatic heterocycles. The summed E-state index contributed by atoms with van der Waals surface area (Å²) in [6, 6.07) is 1.88. The lowest BCUT2D eigenvalue weighted by molar-refractivity contribution is 0.302. The van der Waals surface area contributed by atoms with Crippen LogP contribution in [-0.4, -0.2) is 41.8 Å². The van der Waals surface area contributed by atoms with Crippen molar-refractivity contribution in [2.75, 3.05) is 37.0 Å². The molecule has 5 nitrogen and oxygen atoms in total. The molecule has 0 bridgehead atoms. The van der Waals surface area contributed by atoms with Gasteiger partial charge in [0.1, 0.15) is 17.5 Å². The lowest BCUT2D eigenvalue weighted by atomic mass is 10.4. The molecule has 0 aromatic carbocycles. The van der Waals surface area contributed by atoms with Crippen LogP contribution in [0.1, 0.15) is 12.7 Å². The normalized spacial score (nSPS) is 10.1. The zero-order valence-corrected chi connectivity index (χ0v) is 9.49. The molecule has 0 aliphatic rings. The maximum absolute atomic E-state index is 8.92. The minimum absolute atomic E-state index is 0.131. The van der Waals surface area contributed by atoms with Crippen molar-refractivity contribution >= 4 is 11.6 Å². The summed E-state index contributed by atoms with van der Waals surface area (Å²) in [7, 11) is 1.83. The number of hydrogen-bond donors (Lipinski definition) is 2. The molecule has 1 aromatic rings. The Morgan fingerprint density at radius 3 is 2.73 bits per heavy atom. The van der Waals surface area contributed by atoms with Gasteiger partial charge in [-0.25, -0.2) is 9.97 Å². The van der Waals surface area contributed by atoms with Gasteiger partial charge in [-0.3, -0.25) is 0 Å². The van der Waals surface area contributed by atoms with Crippen molar-refractivity contribution in [3.63, 3.8) is 0 Å². The highest BCUT2D eigenvalue weighted by Crippen LogP contribution is 2.14. The maximum atomic E-state index is 8.92. The van der Waals surface area contributed by atoms with Crippen LogP contribution in [0.3, 0.4) is 0 Å². The lowest BCUT2D eigenvalue weighted by Gasteiger charge is -2.21. The van der Waals surface area contributed by atoms with E-state index in [4.69, 9.17) is 5.11 Å². The molecule has 84 valence electrons. The van der Waals surface area contributed by atoms with E-state index in [1.807, 2.05) is 31.9 Å². The molecular formula is C10H18N4O. The molecule has 0 amide bonds. The summed E-state index contributed by atoms with van der Waals surface area (Å²) in [6.45, 7) is 5.44. The highest BCUT2D eigenvalue weighted by molar-refractivity contribution is 5.48. The molecule has 0 saturated heterocycles. The van der Waals surface area contributed by atoms with Crippen molar-refractivity contribution in [1.82, 2.24) is 9.97 Å². The predicted molar refractivity (Wildman–Crippen MR) is 61.3 cm³/mol. The van der Waals surface area contributed by atoms with Crippen LogP contribution in [0.4, 0.5) is 11.6 Å². The Morgan fingerprint density at radius 2 is 2.20 bits per heavy atom. The molecular weight excluding hydrogens is 192 g/mol. The smallest absolute Gasteiger partial charge is 0.134 e. The van der Waals surface area contributed by atoms with Crippen LogP contribution in [-0.2, 0) is 0 Å². The number of nitrogens with zero attached hydrogens (tertiary/aromatic N) is 3. The Labute approximate surface area is 90.2 Å². The van der Waals surface area contributed by atoms with E-state index in [2.05, 4.69) is 15.3 Å². The van der Waals surface area contributed by atoms with E-state index in [-0.39, 0.29) is 6.61 Å². The number of anilines is 2. The predicted octanol–water partition coefficient (Wildman–Crippen LogP) is 0.645. The number of aliphatic hydroxyl groups excluding tert-OH is 1. The summed E-state index contributed by atoms with van der Waals surface area (Å²) < 4.78 is 0. The van der Waals surface area contributed by atoms with Crippen molar-refractivity contribution in [2.24, 2.45) is 0 Å². The highest BCUT2D eigenvalue weighted by atomic mass is 16.3. The summed E-state index contributed by atoms with van der Waals surface area (Å²) in [5.41, 5.74) is 0. The van der Waals surface area contributed by atoms with Gasteiger partial charge in [0.2, 0.25) is 0 Å². The van der Waals surface area contributed by atoms with Gasteiger partial charge in [0, 0.05) is 26.2 Å². The number of nitrogens with one attached hydrogen (secondary N) is 1. The van der Waals surface area contributed by atoms with Gasteiger partial charge >= 0.3 is 0 Å². The molecule has 2 N–H and O–H groups in total. The highest BCUT2D eigenvalue weighted by Gasteiger charge is 2.07. The van der Waals surface area contributed by atoms with E-state index >= 15 is 0 Å². The third-order valence-electron chi connectivity index (χ3n) is 2.16. The molecule has 1 heterocycles. The van der Waals surface area contributed by atoms with Gasteiger partial charge in [-0.1, -0.05) is 0 Å². The molecule has 1 rings (SSSR count). The second kappa shape index (κ2) is 5.50. The Kier molecular flexibility index (Phi) is 4.30. The molecule has 0 fully saturated rings. The van der Waals surface area contributed by atoms with E-state index < -0.39 is 0 Å². The van der Waals surface area contributed by atoms with Crippen LogP contribution in [0.25, 0.3) is 0 Å². The summed E-state index contributed by atoms with van der Waals surface area (Å²) in [6.07, 6.45) is 0. The SMILES string of the molecule is CCN(CCO)c1cc(NC)nc(C)n1. The molecule has 0 aliphatic heterocycles. The van der Waals surface area contributed by atoms with Gasteiger partial charge in [-0.05, 0) is 13.8 Å². The number of hydrogen-bond acceptors (Lipinski definition) is 5. The Balaban J connectivity index is 2.95. The first-order valence-electron chi connectivity index (χ1n) is 5.10. The molecule has 5 heteroatoms. The summed E-state index contributed by atoms with van der Waals surface area (Å²) in [5, 5.41) is 11.9. The Hall–Kier alpha value is -1.36. The van der Waals surface area contributed by atoms with Crippen LogP contribution in [0, 0.1) is 6.92 Å². The van der Waals surface area contributed by atoms with Gasteiger partial charge in [0.25, 0.3) is 0 Å². The maximum Gasteiger partial charge on any atom is 0.134 e. The van der Waals surface area contributed by atoms with Gasteiger partial charge < -0.3 is 15.3 Å². The van der Waals surface area contributed by atoms with Crippen LogP contribution in [0.5, 0.6) is 0 Å². The minimum atomic E-state index is 0.131. The number of aryl methyl sites for hydroxylation is 1. The van der Waals surface area contributed by atoms with Crippen LogP contribution < -0.4 is 10.2 Å². The van der Waals surface area contributed by atoms with Crippen molar-refractivity contribution < 1.29 is 5.11 Å². The topological polar surface area (TPSA) is 61.3 Å². The van der Waals surface area contributed by atoms with Gasteiger partial charge in [0.15, 0.2) is 0 Å². The molecule has 0 atom stereocenters.